The van der Waals surface area contributed by atoms with Crippen molar-refractivity contribution in [3.8, 4) is 11.5 Å². The molecule has 7 heteroatoms. The van der Waals surface area contributed by atoms with Gasteiger partial charge in [0.2, 0.25) is 0 Å². The summed E-state index contributed by atoms with van der Waals surface area (Å²) < 4.78 is 10.7. The van der Waals surface area contributed by atoms with Gasteiger partial charge in [-0.25, -0.2) is 9.86 Å². The predicted molar refractivity (Wildman–Crippen MR) is 95.2 cm³/mol. The van der Waals surface area contributed by atoms with Crippen LogP contribution in [0.15, 0.2) is 18.2 Å². The molecule has 25 heavy (non-hydrogen) atoms. The molecule has 0 spiro atoms. The first-order valence-electron chi connectivity index (χ1n) is 8.86. The smallest absolute Gasteiger partial charge is 0.341 e. The lowest BCUT2D eigenvalue weighted by Crippen LogP contribution is -2.44. The van der Waals surface area contributed by atoms with Crippen LogP contribution >= 0.6 is 0 Å². The Labute approximate surface area is 148 Å². The van der Waals surface area contributed by atoms with Gasteiger partial charge in [-0.1, -0.05) is 0 Å². The summed E-state index contributed by atoms with van der Waals surface area (Å²) in [7, 11) is 3.31. The Morgan fingerprint density at radius 2 is 1.96 bits per heavy atom. The Bertz CT molecular complexity index is 567. The number of carbonyl (C=O) groups excluding carboxylic acids is 1. The molecular weight excluding hydrogens is 322 g/mol. The lowest BCUT2D eigenvalue weighted by molar-refractivity contribution is -0.139. The van der Waals surface area contributed by atoms with Crippen LogP contribution in [-0.4, -0.2) is 58.1 Å². The van der Waals surface area contributed by atoms with E-state index in [4.69, 9.17) is 14.3 Å². The minimum atomic E-state index is -0.124. The van der Waals surface area contributed by atoms with Crippen LogP contribution in [0.2, 0.25) is 0 Å². The van der Waals surface area contributed by atoms with Crippen molar-refractivity contribution < 1.29 is 19.1 Å². The maximum absolute atomic E-state index is 12.1. The van der Waals surface area contributed by atoms with Gasteiger partial charge < -0.3 is 19.7 Å². The first-order valence-corrected chi connectivity index (χ1v) is 8.86. The largest absolute Gasteiger partial charge is 0.497 e. The Hall–Kier alpha value is -2.15. The number of nitrogens with one attached hydrogen (secondary N) is 1. The van der Waals surface area contributed by atoms with Gasteiger partial charge in [0.25, 0.3) is 0 Å². The number of anilines is 1. The van der Waals surface area contributed by atoms with E-state index in [1.54, 1.807) is 14.2 Å². The number of hydrogen-bond acceptors (Lipinski definition) is 5. The van der Waals surface area contributed by atoms with Crippen molar-refractivity contribution in [1.82, 2.24) is 10.4 Å². The molecule has 0 bridgehead atoms. The second-order valence-electron chi connectivity index (χ2n) is 6.50. The molecule has 0 saturated carbocycles. The third-order valence-corrected chi connectivity index (χ3v) is 4.76. The van der Waals surface area contributed by atoms with Gasteiger partial charge in [-0.3, -0.25) is 4.84 Å². The molecule has 2 amide bonds. The van der Waals surface area contributed by atoms with Gasteiger partial charge in [-0.15, -0.1) is 0 Å². The number of urea groups is 1. The quantitative estimate of drug-likeness (QED) is 0.883. The number of hydrogen-bond donors (Lipinski definition) is 1. The van der Waals surface area contributed by atoms with Gasteiger partial charge in [-0.05, 0) is 25.2 Å². The van der Waals surface area contributed by atoms with E-state index >= 15 is 0 Å². The van der Waals surface area contributed by atoms with Crippen molar-refractivity contribution in [3.63, 3.8) is 0 Å². The van der Waals surface area contributed by atoms with Crippen LogP contribution in [0, 0.1) is 5.92 Å². The van der Waals surface area contributed by atoms with Gasteiger partial charge in [0, 0.05) is 43.5 Å². The normalized spacial score (nSPS) is 20.5. The first-order chi connectivity index (χ1) is 12.2. The summed E-state index contributed by atoms with van der Waals surface area (Å²) in [4.78, 5) is 19.8. The van der Waals surface area contributed by atoms with Crippen LogP contribution < -0.4 is 19.7 Å². The van der Waals surface area contributed by atoms with Crippen LogP contribution in [0.3, 0.4) is 0 Å². The Balaban J connectivity index is 1.52. The number of amides is 2. The fourth-order valence-electron chi connectivity index (χ4n) is 3.29. The van der Waals surface area contributed by atoms with Gasteiger partial charge in [-0.2, -0.15) is 0 Å². The Morgan fingerprint density at radius 1 is 1.20 bits per heavy atom. The van der Waals surface area contributed by atoms with E-state index in [1.165, 1.54) is 5.06 Å². The summed E-state index contributed by atoms with van der Waals surface area (Å²) in [5, 5.41) is 4.44. The van der Waals surface area contributed by atoms with Crippen molar-refractivity contribution in [2.75, 3.05) is 51.9 Å². The van der Waals surface area contributed by atoms with E-state index in [0.717, 1.165) is 49.5 Å². The zero-order chi connectivity index (χ0) is 17.6. The molecule has 2 heterocycles. The van der Waals surface area contributed by atoms with Crippen molar-refractivity contribution in [1.29, 1.82) is 0 Å². The van der Waals surface area contributed by atoms with Gasteiger partial charge in [0.1, 0.15) is 11.5 Å². The van der Waals surface area contributed by atoms with Crippen molar-refractivity contribution in [2.45, 2.75) is 19.3 Å². The molecule has 0 radical (unpaired) electrons. The predicted octanol–water partition coefficient (Wildman–Crippen LogP) is 2.27. The molecule has 2 saturated heterocycles. The lowest BCUT2D eigenvalue weighted by Gasteiger charge is -2.26. The SMILES string of the molecule is COc1cc(OC)cc(N2CCC(CNC(=O)N3CCCCO3)C2)c1. The maximum Gasteiger partial charge on any atom is 0.341 e. The fourth-order valence-corrected chi connectivity index (χ4v) is 3.29. The van der Waals surface area contributed by atoms with Gasteiger partial charge >= 0.3 is 6.03 Å². The van der Waals surface area contributed by atoms with Crippen LogP contribution in [0.4, 0.5) is 10.5 Å². The summed E-state index contributed by atoms with van der Waals surface area (Å²) in [6.07, 6.45) is 3.06. The van der Waals surface area contributed by atoms with Gasteiger partial charge in [0.05, 0.1) is 27.4 Å². The summed E-state index contributed by atoms with van der Waals surface area (Å²) in [5.74, 6) is 1.99. The van der Waals surface area contributed by atoms with E-state index in [9.17, 15) is 4.79 Å². The second-order valence-corrected chi connectivity index (χ2v) is 6.50. The van der Waals surface area contributed by atoms with E-state index in [2.05, 4.69) is 10.2 Å². The van der Waals surface area contributed by atoms with Crippen LogP contribution in [-0.2, 0) is 4.84 Å². The topological polar surface area (TPSA) is 63.3 Å². The van der Waals surface area contributed by atoms with Crippen LogP contribution in [0.5, 0.6) is 11.5 Å². The molecule has 2 aliphatic rings. The molecule has 0 aromatic heterocycles. The molecule has 1 aromatic carbocycles. The molecule has 3 rings (SSSR count). The highest BCUT2D eigenvalue weighted by Gasteiger charge is 2.25. The second kappa shape index (κ2) is 8.29. The molecule has 2 aliphatic heterocycles. The average Bonchev–Trinajstić information content (AvgIpc) is 3.15. The summed E-state index contributed by atoms with van der Waals surface area (Å²) >= 11 is 0. The molecule has 1 unspecified atom stereocenters. The van der Waals surface area contributed by atoms with Crippen LogP contribution in [0.1, 0.15) is 19.3 Å². The zero-order valence-corrected chi connectivity index (χ0v) is 15.0. The average molecular weight is 349 g/mol. The van der Waals surface area contributed by atoms with E-state index in [-0.39, 0.29) is 6.03 Å². The van der Waals surface area contributed by atoms with Crippen molar-refractivity contribution in [3.05, 3.63) is 18.2 Å². The third kappa shape index (κ3) is 4.48. The molecule has 2 fully saturated rings. The van der Waals surface area contributed by atoms with Crippen LogP contribution in [0.25, 0.3) is 0 Å². The zero-order valence-electron chi connectivity index (χ0n) is 15.0. The molecule has 0 aliphatic carbocycles. The minimum absolute atomic E-state index is 0.124. The highest BCUT2D eigenvalue weighted by Crippen LogP contribution is 2.31. The fraction of sp³-hybridized carbons (Fsp3) is 0.611. The summed E-state index contributed by atoms with van der Waals surface area (Å²) in [5.41, 5.74) is 1.09. The number of ether oxygens (including phenoxy) is 2. The third-order valence-electron chi connectivity index (χ3n) is 4.76. The Morgan fingerprint density at radius 3 is 2.60 bits per heavy atom. The number of rotatable bonds is 5. The standard InChI is InChI=1S/C18H27N3O4/c1-23-16-9-15(10-17(11-16)24-2)20-7-5-14(13-20)12-19-18(22)21-6-3-4-8-25-21/h9-11,14H,3-8,12-13H2,1-2H3,(H,19,22). The lowest BCUT2D eigenvalue weighted by atomic mass is 10.1. The highest BCUT2D eigenvalue weighted by atomic mass is 16.7. The molecule has 1 N–H and O–H groups in total. The Kier molecular flexibility index (Phi) is 5.86. The van der Waals surface area contributed by atoms with E-state index in [0.29, 0.717) is 25.6 Å². The number of hydroxylamine groups is 2. The van der Waals surface area contributed by atoms with E-state index < -0.39 is 0 Å². The summed E-state index contributed by atoms with van der Waals surface area (Å²) in [6, 6.07) is 5.78. The number of benzene rings is 1. The van der Waals surface area contributed by atoms with Crippen molar-refractivity contribution in [2.24, 2.45) is 5.92 Å². The minimum Gasteiger partial charge on any atom is -0.497 e. The monoisotopic (exact) mass is 349 g/mol. The molecule has 138 valence electrons. The highest BCUT2D eigenvalue weighted by molar-refractivity contribution is 5.73. The maximum atomic E-state index is 12.1. The number of methoxy groups -OCH3 is 2. The number of nitrogens with zero attached hydrogens (tertiary/aromatic N) is 2. The molecular formula is C18H27N3O4. The molecule has 1 atom stereocenters. The van der Waals surface area contributed by atoms with Gasteiger partial charge in [0.15, 0.2) is 0 Å². The van der Waals surface area contributed by atoms with E-state index in [1.807, 2.05) is 18.2 Å². The summed E-state index contributed by atoms with van der Waals surface area (Å²) in [6.45, 7) is 3.82. The molecule has 7 nitrogen and oxygen atoms in total. The van der Waals surface area contributed by atoms with Crippen molar-refractivity contribution >= 4 is 11.7 Å². The number of carbonyl (C=O) groups is 1. The molecule has 1 aromatic rings. The first kappa shape index (κ1) is 17.7.